The number of carbonyl (C=O) groups is 2. The van der Waals surface area contributed by atoms with Crippen LogP contribution in [0.5, 0.6) is 5.75 Å². The fraction of sp³-hybridized carbons (Fsp3) is 0.333. The van der Waals surface area contributed by atoms with Crippen LogP contribution in [-0.4, -0.2) is 70.8 Å². The van der Waals surface area contributed by atoms with Gasteiger partial charge in [-0.05, 0) is 56.7 Å². The van der Waals surface area contributed by atoms with Crippen LogP contribution < -0.4 is 15.4 Å². The van der Waals surface area contributed by atoms with Crippen molar-refractivity contribution in [1.29, 1.82) is 0 Å². The highest BCUT2D eigenvalue weighted by atomic mass is 16.6. The van der Waals surface area contributed by atoms with Crippen molar-refractivity contribution in [1.82, 2.24) is 19.8 Å². The smallest absolute Gasteiger partial charge is 0.410 e. The summed E-state index contributed by atoms with van der Waals surface area (Å²) in [7, 11) is 1.63. The lowest BCUT2D eigenvalue weighted by molar-refractivity contribution is 0.0174. The van der Waals surface area contributed by atoms with Crippen molar-refractivity contribution in [3.63, 3.8) is 0 Å². The minimum Gasteiger partial charge on any atom is -0.497 e. The number of amides is 3. The van der Waals surface area contributed by atoms with Crippen LogP contribution >= 0.6 is 0 Å². The molecular weight excluding hydrogens is 472 g/mol. The van der Waals surface area contributed by atoms with Crippen LogP contribution in [-0.2, 0) is 4.74 Å². The Labute approximate surface area is 216 Å². The summed E-state index contributed by atoms with van der Waals surface area (Å²) in [4.78, 5) is 37.2. The Balaban J connectivity index is 1.31. The molecule has 1 fully saturated rings. The third kappa shape index (κ3) is 7.09. The second-order valence-corrected chi connectivity index (χ2v) is 9.61. The number of urea groups is 1. The third-order valence-electron chi connectivity index (χ3n) is 5.66. The zero-order valence-electron chi connectivity index (χ0n) is 21.5. The molecule has 0 radical (unpaired) electrons. The van der Waals surface area contributed by atoms with Gasteiger partial charge in [-0.25, -0.2) is 19.6 Å². The van der Waals surface area contributed by atoms with E-state index in [2.05, 4.69) is 20.6 Å². The average Bonchev–Trinajstić information content (AvgIpc) is 2.88. The highest BCUT2D eigenvalue weighted by Gasteiger charge is 2.27. The molecule has 0 bridgehead atoms. The first-order valence-electron chi connectivity index (χ1n) is 12.1. The Hall–Kier alpha value is -4.34. The van der Waals surface area contributed by atoms with Crippen LogP contribution in [0.3, 0.4) is 0 Å². The SMILES string of the molecule is COc1ccc(-c2cnc(Nc3cccc(NC(=O)N4CCN(C(=O)OC(C)(C)C)CC4)c3)nc2)cc1. The first-order chi connectivity index (χ1) is 17.7. The molecule has 1 saturated heterocycles. The summed E-state index contributed by atoms with van der Waals surface area (Å²) in [5.74, 6) is 1.23. The lowest BCUT2D eigenvalue weighted by atomic mass is 10.1. The summed E-state index contributed by atoms with van der Waals surface area (Å²) in [5.41, 5.74) is 2.71. The van der Waals surface area contributed by atoms with E-state index in [1.807, 2.05) is 69.3 Å². The Kier molecular flexibility index (Phi) is 7.76. The first kappa shape index (κ1) is 25.7. The van der Waals surface area contributed by atoms with Crippen molar-refractivity contribution < 1.29 is 19.1 Å². The highest BCUT2D eigenvalue weighted by molar-refractivity contribution is 5.90. The van der Waals surface area contributed by atoms with Gasteiger partial charge in [0.1, 0.15) is 11.4 Å². The molecule has 10 heteroatoms. The molecule has 0 saturated carbocycles. The maximum atomic E-state index is 12.8. The number of ether oxygens (including phenoxy) is 2. The van der Waals surface area contributed by atoms with Crippen molar-refractivity contribution >= 4 is 29.4 Å². The molecule has 3 aromatic rings. The van der Waals surface area contributed by atoms with E-state index in [1.54, 1.807) is 29.3 Å². The normalized spacial score (nSPS) is 13.6. The van der Waals surface area contributed by atoms with E-state index in [-0.39, 0.29) is 12.1 Å². The van der Waals surface area contributed by atoms with Crippen molar-refractivity contribution in [2.45, 2.75) is 26.4 Å². The van der Waals surface area contributed by atoms with Crippen molar-refractivity contribution in [2.24, 2.45) is 0 Å². The lowest BCUT2D eigenvalue weighted by Gasteiger charge is -2.35. The second-order valence-electron chi connectivity index (χ2n) is 9.61. The first-order valence-corrected chi connectivity index (χ1v) is 12.1. The standard InChI is InChI=1S/C27H32N6O4/c1-27(2,3)37-26(35)33-14-12-32(13-15-33)25(34)31-22-7-5-6-21(16-22)30-24-28-17-20(18-29-24)19-8-10-23(36-4)11-9-19/h5-11,16-18H,12-15H2,1-4H3,(H,31,34)(H,28,29,30). The lowest BCUT2D eigenvalue weighted by Crippen LogP contribution is -2.52. The number of piperazine rings is 1. The van der Waals surface area contributed by atoms with E-state index >= 15 is 0 Å². The minimum absolute atomic E-state index is 0.221. The van der Waals surface area contributed by atoms with Gasteiger partial charge in [-0.1, -0.05) is 18.2 Å². The quantitative estimate of drug-likeness (QED) is 0.504. The molecule has 1 aromatic heterocycles. The zero-order valence-corrected chi connectivity index (χ0v) is 21.5. The Morgan fingerprint density at radius 1 is 0.865 bits per heavy atom. The Bertz CT molecular complexity index is 1220. The van der Waals surface area contributed by atoms with Gasteiger partial charge in [-0.15, -0.1) is 0 Å². The van der Waals surface area contributed by atoms with E-state index < -0.39 is 5.60 Å². The van der Waals surface area contributed by atoms with E-state index in [9.17, 15) is 9.59 Å². The van der Waals surface area contributed by atoms with Crippen LogP contribution in [0.25, 0.3) is 11.1 Å². The predicted octanol–water partition coefficient (Wildman–Crippen LogP) is 4.98. The Morgan fingerprint density at radius 3 is 2.11 bits per heavy atom. The summed E-state index contributed by atoms with van der Waals surface area (Å²) in [6.45, 7) is 7.21. The molecule has 3 amide bonds. The maximum Gasteiger partial charge on any atom is 0.410 e. The van der Waals surface area contributed by atoms with E-state index in [0.29, 0.717) is 37.8 Å². The Morgan fingerprint density at radius 2 is 1.49 bits per heavy atom. The van der Waals surface area contributed by atoms with E-state index in [1.165, 1.54) is 0 Å². The topological polar surface area (TPSA) is 109 Å². The largest absolute Gasteiger partial charge is 0.497 e. The number of hydrogen-bond acceptors (Lipinski definition) is 7. The molecule has 4 rings (SSSR count). The fourth-order valence-electron chi connectivity index (χ4n) is 3.75. The molecule has 37 heavy (non-hydrogen) atoms. The molecule has 0 unspecified atom stereocenters. The van der Waals surface area contributed by atoms with Gasteiger partial charge >= 0.3 is 12.1 Å². The van der Waals surface area contributed by atoms with Gasteiger partial charge in [-0.3, -0.25) is 0 Å². The number of nitrogens with one attached hydrogen (secondary N) is 2. The molecule has 194 valence electrons. The zero-order chi connectivity index (χ0) is 26.4. The molecule has 0 spiro atoms. The molecule has 0 aliphatic carbocycles. The monoisotopic (exact) mass is 504 g/mol. The van der Waals surface area contributed by atoms with Crippen LogP contribution in [0.15, 0.2) is 60.9 Å². The summed E-state index contributed by atoms with van der Waals surface area (Å²) >= 11 is 0. The summed E-state index contributed by atoms with van der Waals surface area (Å²) < 4.78 is 10.6. The van der Waals surface area contributed by atoms with Crippen LogP contribution in [0.2, 0.25) is 0 Å². The molecular formula is C27H32N6O4. The molecule has 2 heterocycles. The van der Waals surface area contributed by atoms with Crippen molar-refractivity contribution in [3.8, 4) is 16.9 Å². The summed E-state index contributed by atoms with van der Waals surface area (Å²) in [6, 6.07) is 14.8. The molecule has 0 atom stereocenters. The van der Waals surface area contributed by atoms with Crippen molar-refractivity contribution in [3.05, 3.63) is 60.9 Å². The highest BCUT2D eigenvalue weighted by Crippen LogP contribution is 2.23. The number of benzene rings is 2. The van der Waals surface area contributed by atoms with Gasteiger partial charge < -0.3 is 29.9 Å². The van der Waals surface area contributed by atoms with Gasteiger partial charge in [-0.2, -0.15) is 0 Å². The fourth-order valence-corrected chi connectivity index (χ4v) is 3.75. The van der Waals surface area contributed by atoms with Crippen molar-refractivity contribution in [2.75, 3.05) is 43.9 Å². The van der Waals surface area contributed by atoms with Gasteiger partial charge in [0.2, 0.25) is 5.95 Å². The summed E-state index contributed by atoms with van der Waals surface area (Å²) in [6.07, 6.45) is 3.14. The molecule has 1 aliphatic rings. The van der Waals surface area contributed by atoms with Crippen LogP contribution in [0.4, 0.5) is 26.9 Å². The van der Waals surface area contributed by atoms with Gasteiger partial charge in [0.05, 0.1) is 7.11 Å². The minimum atomic E-state index is -0.547. The molecule has 10 nitrogen and oxygen atoms in total. The second kappa shape index (κ2) is 11.2. The van der Waals surface area contributed by atoms with Gasteiger partial charge in [0.25, 0.3) is 0 Å². The van der Waals surface area contributed by atoms with Gasteiger partial charge in [0.15, 0.2) is 0 Å². The average molecular weight is 505 g/mol. The summed E-state index contributed by atoms with van der Waals surface area (Å²) in [5, 5.41) is 6.09. The number of anilines is 3. The third-order valence-corrected chi connectivity index (χ3v) is 5.66. The van der Waals surface area contributed by atoms with Crippen LogP contribution in [0, 0.1) is 0 Å². The predicted molar refractivity (Wildman–Crippen MR) is 142 cm³/mol. The number of aromatic nitrogens is 2. The van der Waals surface area contributed by atoms with Gasteiger partial charge in [0, 0.05) is 55.5 Å². The van der Waals surface area contributed by atoms with Crippen LogP contribution in [0.1, 0.15) is 20.8 Å². The number of methoxy groups -OCH3 is 1. The molecule has 2 aromatic carbocycles. The number of carbonyl (C=O) groups excluding carboxylic acids is 2. The molecule has 2 N–H and O–H groups in total. The number of nitrogens with zero attached hydrogens (tertiary/aromatic N) is 4. The van der Waals surface area contributed by atoms with E-state index in [0.717, 1.165) is 22.6 Å². The number of rotatable bonds is 5. The number of hydrogen-bond donors (Lipinski definition) is 2. The molecule has 1 aliphatic heterocycles. The van der Waals surface area contributed by atoms with E-state index in [4.69, 9.17) is 9.47 Å². The maximum absolute atomic E-state index is 12.8.